The van der Waals surface area contributed by atoms with Crippen LogP contribution in [0.4, 0.5) is 23.7 Å². The number of aromatic nitrogens is 1. The zero-order valence-corrected chi connectivity index (χ0v) is 13.1. The molecule has 0 radical (unpaired) electrons. The van der Waals surface area contributed by atoms with Gasteiger partial charge in [-0.2, -0.15) is 13.2 Å². The number of primary amides is 1. The molecule has 4 N–H and O–H groups in total. The molecule has 1 aromatic carbocycles. The lowest BCUT2D eigenvalue weighted by atomic mass is 10.1. The third-order valence-electron chi connectivity index (χ3n) is 3.30. The van der Waals surface area contributed by atoms with Gasteiger partial charge in [-0.05, 0) is 36.8 Å². The molecule has 25 heavy (non-hydrogen) atoms. The number of benzene rings is 1. The van der Waals surface area contributed by atoms with Crippen LogP contribution in [0.3, 0.4) is 0 Å². The van der Waals surface area contributed by atoms with Crippen molar-refractivity contribution >= 4 is 17.6 Å². The SMILES string of the molecule is Cc1nc(C(F)(F)F)ccc1C(=O)NCc1ccc(NC(N)=O)cc1. The number of aryl methyl sites for hydroxylation is 1. The maximum atomic E-state index is 12.6. The van der Waals surface area contributed by atoms with Crippen LogP contribution in [0.25, 0.3) is 0 Å². The zero-order valence-electron chi connectivity index (χ0n) is 13.1. The molecule has 0 fully saturated rings. The molecule has 0 bridgehead atoms. The van der Waals surface area contributed by atoms with Crippen molar-refractivity contribution in [2.24, 2.45) is 5.73 Å². The minimum atomic E-state index is -4.56. The first kappa shape index (κ1) is 18.2. The molecule has 1 aromatic heterocycles. The van der Waals surface area contributed by atoms with E-state index in [0.717, 1.165) is 17.7 Å². The first-order chi connectivity index (χ1) is 11.7. The summed E-state index contributed by atoms with van der Waals surface area (Å²) in [5.74, 6) is -0.530. The monoisotopic (exact) mass is 352 g/mol. The normalized spacial score (nSPS) is 11.0. The minimum absolute atomic E-state index is 0.00617. The topological polar surface area (TPSA) is 97.1 Å². The molecule has 0 saturated heterocycles. The molecule has 1 heterocycles. The van der Waals surface area contributed by atoms with Crippen molar-refractivity contribution < 1.29 is 22.8 Å². The molecule has 2 aromatic rings. The smallest absolute Gasteiger partial charge is 0.351 e. The number of hydrogen-bond acceptors (Lipinski definition) is 3. The number of urea groups is 1. The van der Waals surface area contributed by atoms with Crippen LogP contribution >= 0.6 is 0 Å². The molecular formula is C16H15F3N4O2. The van der Waals surface area contributed by atoms with Gasteiger partial charge in [0.15, 0.2) is 0 Å². The van der Waals surface area contributed by atoms with E-state index in [1.165, 1.54) is 6.92 Å². The van der Waals surface area contributed by atoms with E-state index in [-0.39, 0.29) is 17.8 Å². The second-order valence-corrected chi connectivity index (χ2v) is 5.20. The summed E-state index contributed by atoms with van der Waals surface area (Å²) in [6.45, 7) is 1.50. The van der Waals surface area contributed by atoms with Gasteiger partial charge in [-0.15, -0.1) is 0 Å². The molecule has 6 nitrogen and oxygen atoms in total. The molecule has 0 aliphatic heterocycles. The molecule has 9 heteroatoms. The van der Waals surface area contributed by atoms with E-state index in [1.807, 2.05) is 0 Å². The predicted octanol–water partition coefficient (Wildman–Crippen LogP) is 2.83. The Morgan fingerprint density at radius 2 is 1.76 bits per heavy atom. The lowest BCUT2D eigenvalue weighted by Crippen LogP contribution is -2.24. The first-order valence-corrected chi connectivity index (χ1v) is 7.15. The zero-order chi connectivity index (χ0) is 18.6. The Morgan fingerprint density at radius 3 is 2.28 bits per heavy atom. The van der Waals surface area contributed by atoms with Crippen LogP contribution in [0.15, 0.2) is 36.4 Å². The van der Waals surface area contributed by atoms with Gasteiger partial charge in [-0.25, -0.2) is 9.78 Å². The van der Waals surface area contributed by atoms with Crippen molar-refractivity contribution in [1.82, 2.24) is 10.3 Å². The van der Waals surface area contributed by atoms with Gasteiger partial charge in [-0.3, -0.25) is 4.79 Å². The summed E-state index contributed by atoms with van der Waals surface area (Å²) in [7, 11) is 0. The Balaban J connectivity index is 2.01. The lowest BCUT2D eigenvalue weighted by Gasteiger charge is -2.11. The summed E-state index contributed by atoms with van der Waals surface area (Å²) in [5, 5.41) is 5.00. The fourth-order valence-corrected chi connectivity index (χ4v) is 2.08. The highest BCUT2D eigenvalue weighted by Crippen LogP contribution is 2.28. The highest BCUT2D eigenvalue weighted by Gasteiger charge is 2.33. The summed E-state index contributed by atoms with van der Waals surface area (Å²) in [6, 6.07) is 7.74. The third kappa shape index (κ3) is 4.93. The predicted molar refractivity (Wildman–Crippen MR) is 84.8 cm³/mol. The Hall–Kier alpha value is -3.10. The standard InChI is InChI=1S/C16H15F3N4O2/c1-9-12(6-7-13(22-9)16(17,18)19)14(24)21-8-10-2-4-11(5-3-10)23-15(20)25/h2-7H,8H2,1H3,(H,21,24)(H3,20,23,25). The number of anilines is 1. The quantitative estimate of drug-likeness (QED) is 0.789. The number of rotatable bonds is 4. The number of amides is 3. The van der Waals surface area contributed by atoms with Gasteiger partial charge in [0.2, 0.25) is 0 Å². The van der Waals surface area contributed by atoms with Crippen LogP contribution in [-0.4, -0.2) is 16.9 Å². The average Bonchev–Trinajstić information content (AvgIpc) is 2.52. The van der Waals surface area contributed by atoms with Crippen molar-refractivity contribution in [1.29, 1.82) is 0 Å². The number of carbonyl (C=O) groups excluding carboxylic acids is 2. The molecule has 0 saturated carbocycles. The van der Waals surface area contributed by atoms with E-state index in [4.69, 9.17) is 5.73 Å². The molecule has 2 rings (SSSR count). The summed E-state index contributed by atoms with van der Waals surface area (Å²) < 4.78 is 37.8. The Bertz CT molecular complexity index is 789. The van der Waals surface area contributed by atoms with Crippen molar-refractivity contribution in [3.63, 3.8) is 0 Å². The maximum absolute atomic E-state index is 12.6. The highest BCUT2D eigenvalue weighted by atomic mass is 19.4. The Labute approximate surface area is 141 Å². The molecule has 0 aliphatic rings. The van der Waals surface area contributed by atoms with E-state index in [9.17, 15) is 22.8 Å². The number of hydrogen-bond donors (Lipinski definition) is 3. The van der Waals surface area contributed by atoms with E-state index in [1.54, 1.807) is 24.3 Å². The number of carbonyl (C=O) groups is 2. The Morgan fingerprint density at radius 1 is 1.12 bits per heavy atom. The average molecular weight is 352 g/mol. The molecule has 0 unspecified atom stereocenters. The van der Waals surface area contributed by atoms with Gasteiger partial charge in [0, 0.05) is 12.2 Å². The van der Waals surface area contributed by atoms with E-state index in [0.29, 0.717) is 5.69 Å². The molecule has 132 valence electrons. The van der Waals surface area contributed by atoms with Gasteiger partial charge < -0.3 is 16.4 Å². The Kier molecular flexibility index (Phi) is 5.26. The lowest BCUT2D eigenvalue weighted by molar-refractivity contribution is -0.141. The van der Waals surface area contributed by atoms with Crippen LogP contribution in [0.1, 0.15) is 27.3 Å². The van der Waals surface area contributed by atoms with Crippen molar-refractivity contribution in [2.45, 2.75) is 19.6 Å². The number of halogens is 3. The molecule has 0 spiro atoms. The second-order valence-electron chi connectivity index (χ2n) is 5.20. The van der Waals surface area contributed by atoms with Crippen LogP contribution in [0.2, 0.25) is 0 Å². The summed E-state index contributed by atoms with van der Waals surface area (Å²) in [5.41, 5.74) is 5.26. The van der Waals surface area contributed by atoms with E-state index >= 15 is 0 Å². The third-order valence-corrected chi connectivity index (χ3v) is 3.30. The molecular weight excluding hydrogens is 337 g/mol. The van der Waals surface area contributed by atoms with Crippen molar-refractivity contribution in [3.05, 3.63) is 58.9 Å². The fourth-order valence-electron chi connectivity index (χ4n) is 2.08. The number of nitrogens with zero attached hydrogens (tertiary/aromatic N) is 1. The van der Waals surface area contributed by atoms with Crippen LogP contribution < -0.4 is 16.4 Å². The van der Waals surface area contributed by atoms with Gasteiger partial charge in [0.1, 0.15) is 5.69 Å². The number of nitrogens with two attached hydrogens (primary N) is 1. The summed E-state index contributed by atoms with van der Waals surface area (Å²) in [4.78, 5) is 26.2. The van der Waals surface area contributed by atoms with Crippen molar-refractivity contribution in [2.75, 3.05) is 5.32 Å². The van der Waals surface area contributed by atoms with Crippen molar-refractivity contribution in [3.8, 4) is 0 Å². The van der Waals surface area contributed by atoms with Crippen LogP contribution in [0.5, 0.6) is 0 Å². The highest BCUT2D eigenvalue weighted by molar-refractivity contribution is 5.95. The molecule has 0 aliphatic carbocycles. The van der Waals surface area contributed by atoms with Gasteiger partial charge in [0.25, 0.3) is 5.91 Å². The first-order valence-electron chi connectivity index (χ1n) is 7.15. The fraction of sp³-hybridized carbons (Fsp3) is 0.188. The maximum Gasteiger partial charge on any atom is 0.433 e. The largest absolute Gasteiger partial charge is 0.433 e. The molecule has 3 amide bonds. The number of nitrogens with one attached hydrogen (secondary N) is 2. The van der Waals surface area contributed by atoms with Gasteiger partial charge in [-0.1, -0.05) is 12.1 Å². The van der Waals surface area contributed by atoms with Gasteiger partial charge in [0.05, 0.1) is 11.3 Å². The minimum Gasteiger partial charge on any atom is -0.351 e. The van der Waals surface area contributed by atoms with E-state index in [2.05, 4.69) is 15.6 Å². The number of pyridine rings is 1. The summed E-state index contributed by atoms with van der Waals surface area (Å²) in [6.07, 6.45) is -4.56. The summed E-state index contributed by atoms with van der Waals surface area (Å²) >= 11 is 0. The van der Waals surface area contributed by atoms with Crippen LogP contribution in [-0.2, 0) is 12.7 Å². The van der Waals surface area contributed by atoms with E-state index < -0.39 is 23.8 Å². The van der Waals surface area contributed by atoms with Gasteiger partial charge >= 0.3 is 12.2 Å². The number of alkyl halides is 3. The van der Waals surface area contributed by atoms with Crippen LogP contribution in [0, 0.1) is 6.92 Å². The second kappa shape index (κ2) is 7.20. The molecule has 0 atom stereocenters.